The van der Waals surface area contributed by atoms with Gasteiger partial charge in [0.25, 0.3) is 0 Å². The van der Waals surface area contributed by atoms with Crippen LogP contribution in [0.15, 0.2) is 38.5 Å². The topological polar surface area (TPSA) is 151 Å². The van der Waals surface area contributed by atoms with Gasteiger partial charge < -0.3 is 23.4 Å². The number of furan rings is 2. The number of fused-ring (bicyclic) bond motifs is 2. The summed E-state index contributed by atoms with van der Waals surface area (Å²) in [6.07, 6.45) is 4.66. The zero-order valence-corrected chi connectivity index (χ0v) is 16.2. The molecule has 0 amide bonds. The van der Waals surface area contributed by atoms with Crippen LogP contribution in [0.4, 0.5) is 0 Å². The third-order valence-corrected chi connectivity index (χ3v) is 4.16. The fourth-order valence-electron chi connectivity index (χ4n) is 2.17. The van der Waals surface area contributed by atoms with Crippen LogP contribution >= 0.6 is 11.8 Å². The minimum Gasteiger partial charge on any atom is -0.491 e. The number of carbonyl (C=O) groups excluding carboxylic acids is 2. The van der Waals surface area contributed by atoms with E-state index in [0.29, 0.717) is 21.8 Å². The molecule has 0 aromatic carbocycles. The van der Waals surface area contributed by atoms with Gasteiger partial charge in [-0.25, -0.2) is 24.5 Å². The Kier molecular flexibility index (Phi) is 5.93. The van der Waals surface area contributed by atoms with Crippen molar-refractivity contribution in [3.8, 4) is 5.88 Å². The molecule has 0 unspecified atom stereocenters. The Hall–Kier alpha value is -3.67. The van der Waals surface area contributed by atoms with Crippen molar-refractivity contribution in [3.63, 3.8) is 0 Å². The standard InChI is InChI=1S/C9H8N2O3S.C8H6N2O4/c1-13-9(12)6-8(15-2)11-7-5(10-6)3-4-14-7;1-13-8(12)5-6(11)10-7-4(9-5)2-3-14-7/h3-4H,1-2H3;2-3H,1H3,(H,10,11). The fraction of sp³-hybridized carbons (Fsp3) is 0.176. The van der Waals surface area contributed by atoms with E-state index in [2.05, 4.69) is 29.4 Å². The number of thioether (sulfide) groups is 1. The van der Waals surface area contributed by atoms with Crippen molar-refractivity contribution in [2.75, 3.05) is 20.5 Å². The summed E-state index contributed by atoms with van der Waals surface area (Å²) < 4.78 is 19.0. The van der Waals surface area contributed by atoms with Crippen LogP contribution in [-0.2, 0) is 9.47 Å². The predicted octanol–water partition coefficient (Wildman–Crippen LogP) is 2.45. The maximum Gasteiger partial charge on any atom is 0.362 e. The van der Waals surface area contributed by atoms with E-state index >= 15 is 0 Å². The monoisotopic (exact) mass is 418 g/mol. The number of methoxy groups -OCH3 is 2. The lowest BCUT2D eigenvalue weighted by Gasteiger charge is -2.02. The number of esters is 2. The molecule has 4 aromatic rings. The highest BCUT2D eigenvalue weighted by molar-refractivity contribution is 7.98. The smallest absolute Gasteiger partial charge is 0.362 e. The second-order valence-electron chi connectivity index (χ2n) is 5.18. The molecule has 1 N–H and O–H groups in total. The highest BCUT2D eigenvalue weighted by Gasteiger charge is 2.18. The van der Waals surface area contributed by atoms with E-state index in [-0.39, 0.29) is 17.1 Å². The Labute approximate surface area is 167 Å². The fourth-order valence-corrected chi connectivity index (χ4v) is 2.66. The van der Waals surface area contributed by atoms with Gasteiger partial charge in [0.15, 0.2) is 5.69 Å². The molecule has 0 fully saturated rings. The van der Waals surface area contributed by atoms with Gasteiger partial charge in [0.2, 0.25) is 23.0 Å². The first-order valence-electron chi connectivity index (χ1n) is 7.88. The van der Waals surface area contributed by atoms with Crippen LogP contribution in [0.5, 0.6) is 5.88 Å². The summed E-state index contributed by atoms with van der Waals surface area (Å²) in [5, 5.41) is 9.80. The highest BCUT2D eigenvalue weighted by atomic mass is 32.2. The minimum atomic E-state index is -0.738. The summed E-state index contributed by atoms with van der Waals surface area (Å²) in [5.41, 5.74) is 1.54. The van der Waals surface area contributed by atoms with Crippen molar-refractivity contribution in [2.45, 2.75) is 5.03 Å². The number of ether oxygens (including phenoxy) is 2. The molecule has 4 aromatic heterocycles. The zero-order valence-electron chi connectivity index (χ0n) is 15.4. The van der Waals surface area contributed by atoms with Crippen molar-refractivity contribution in [2.24, 2.45) is 0 Å². The summed E-state index contributed by atoms with van der Waals surface area (Å²) >= 11 is 1.32. The van der Waals surface area contributed by atoms with E-state index in [4.69, 9.17) is 8.83 Å². The van der Waals surface area contributed by atoms with Gasteiger partial charge in [-0.3, -0.25) is 0 Å². The van der Waals surface area contributed by atoms with Gasteiger partial charge in [-0.1, -0.05) is 0 Å². The number of aromatic hydroxyl groups is 1. The lowest BCUT2D eigenvalue weighted by molar-refractivity contribution is 0.0580. The van der Waals surface area contributed by atoms with E-state index < -0.39 is 17.8 Å². The van der Waals surface area contributed by atoms with E-state index in [1.54, 1.807) is 6.07 Å². The minimum absolute atomic E-state index is 0.176. The molecule has 0 radical (unpaired) electrons. The molecule has 12 heteroatoms. The largest absolute Gasteiger partial charge is 0.491 e. The van der Waals surface area contributed by atoms with Gasteiger partial charge in [-0.05, 0) is 6.26 Å². The van der Waals surface area contributed by atoms with Crippen LogP contribution in [0, 0.1) is 0 Å². The number of hydrogen-bond donors (Lipinski definition) is 1. The number of rotatable bonds is 3. The molecular formula is C17H14N4O7S. The van der Waals surface area contributed by atoms with Gasteiger partial charge in [0, 0.05) is 12.1 Å². The Morgan fingerprint density at radius 3 is 1.97 bits per heavy atom. The molecule has 4 rings (SSSR count). The highest BCUT2D eigenvalue weighted by Crippen LogP contribution is 2.21. The van der Waals surface area contributed by atoms with Gasteiger partial charge in [0.1, 0.15) is 16.1 Å². The summed E-state index contributed by atoms with van der Waals surface area (Å²) in [6, 6.07) is 3.19. The molecule has 0 bridgehead atoms. The zero-order chi connectivity index (χ0) is 21.0. The van der Waals surface area contributed by atoms with Crippen molar-refractivity contribution in [3.05, 3.63) is 36.0 Å². The van der Waals surface area contributed by atoms with Crippen LogP contribution < -0.4 is 0 Å². The number of carbonyl (C=O) groups is 2. The van der Waals surface area contributed by atoms with Gasteiger partial charge in [-0.15, -0.1) is 11.8 Å². The summed E-state index contributed by atoms with van der Waals surface area (Å²) in [7, 11) is 2.51. The van der Waals surface area contributed by atoms with E-state index in [1.807, 2.05) is 6.26 Å². The first kappa shape index (κ1) is 20.1. The lowest BCUT2D eigenvalue weighted by atomic mass is 10.4. The maximum absolute atomic E-state index is 11.4. The van der Waals surface area contributed by atoms with Gasteiger partial charge in [0.05, 0.1) is 26.7 Å². The van der Waals surface area contributed by atoms with E-state index in [9.17, 15) is 14.7 Å². The SMILES string of the molecule is COC(=O)c1nc2ccoc2nc1O.COC(=O)c1nc2ccoc2nc1SC. The molecule has 4 heterocycles. The molecule has 29 heavy (non-hydrogen) atoms. The molecule has 11 nitrogen and oxygen atoms in total. The number of hydrogen-bond acceptors (Lipinski definition) is 12. The van der Waals surface area contributed by atoms with Crippen molar-refractivity contribution in [1.29, 1.82) is 0 Å². The van der Waals surface area contributed by atoms with Crippen LogP contribution in [0.25, 0.3) is 22.5 Å². The van der Waals surface area contributed by atoms with Crippen molar-refractivity contribution >= 4 is 46.2 Å². The Morgan fingerprint density at radius 1 is 0.897 bits per heavy atom. The van der Waals surface area contributed by atoms with Gasteiger partial charge >= 0.3 is 11.9 Å². The molecule has 0 saturated heterocycles. The molecule has 0 aliphatic heterocycles. The van der Waals surface area contributed by atoms with Crippen LogP contribution in [0.1, 0.15) is 21.0 Å². The third kappa shape index (κ3) is 4.11. The Bertz CT molecular complexity index is 1190. The Morgan fingerprint density at radius 2 is 1.41 bits per heavy atom. The third-order valence-electron chi connectivity index (χ3n) is 3.49. The summed E-state index contributed by atoms with van der Waals surface area (Å²) in [4.78, 5) is 38.2. The Balaban J connectivity index is 0.000000166. The molecule has 0 atom stereocenters. The van der Waals surface area contributed by atoms with E-state index in [1.165, 1.54) is 44.6 Å². The molecule has 150 valence electrons. The first-order valence-corrected chi connectivity index (χ1v) is 9.11. The quantitative estimate of drug-likeness (QED) is 0.384. The average Bonchev–Trinajstić information content (AvgIpc) is 3.39. The number of aromatic nitrogens is 4. The molecule has 0 spiro atoms. The second kappa shape index (κ2) is 8.56. The van der Waals surface area contributed by atoms with E-state index in [0.717, 1.165) is 0 Å². The summed E-state index contributed by atoms with van der Waals surface area (Å²) in [6.45, 7) is 0. The van der Waals surface area contributed by atoms with Crippen molar-refractivity contribution < 1.29 is 33.0 Å². The van der Waals surface area contributed by atoms with Crippen LogP contribution in [0.3, 0.4) is 0 Å². The maximum atomic E-state index is 11.4. The normalized spacial score (nSPS) is 10.4. The second-order valence-corrected chi connectivity index (χ2v) is 5.98. The molecular weight excluding hydrogens is 404 g/mol. The van der Waals surface area contributed by atoms with Gasteiger partial charge in [-0.2, -0.15) is 4.98 Å². The van der Waals surface area contributed by atoms with Crippen LogP contribution in [0.2, 0.25) is 0 Å². The lowest BCUT2D eigenvalue weighted by Crippen LogP contribution is -2.07. The average molecular weight is 418 g/mol. The molecule has 0 aliphatic rings. The first-order chi connectivity index (χ1) is 14.0. The predicted molar refractivity (Wildman–Crippen MR) is 99.7 cm³/mol. The number of nitrogens with zero attached hydrogens (tertiary/aromatic N) is 4. The summed E-state index contributed by atoms with van der Waals surface area (Å²) in [5.74, 6) is -1.73. The molecule has 0 aliphatic carbocycles. The molecule has 0 saturated carbocycles. The van der Waals surface area contributed by atoms with Crippen molar-refractivity contribution in [1.82, 2.24) is 19.9 Å². The van der Waals surface area contributed by atoms with Crippen LogP contribution in [-0.4, -0.2) is 57.5 Å².